The summed E-state index contributed by atoms with van der Waals surface area (Å²) in [7, 11) is 0. The molecule has 2 aromatic rings. The Morgan fingerprint density at radius 3 is 2.42 bits per heavy atom. The number of hydrogen-bond acceptors (Lipinski definition) is 1. The number of rotatable bonds is 2. The molecule has 0 spiro atoms. The molecule has 0 amide bonds. The molecule has 94 valence electrons. The Morgan fingerprint density at radius 2 is 1.68 bits per heavy atom. The minimum absolute atomic E-state index is 0.232. The van der Waals surface area contributed by atoms with E-state index in [1.807, 2.05) is 67.6 Å². The van der Waals surface area contributed by atoms with Gasteiger partial charge < -0.3 is 0 Å². The van der Waals surface area contributed by atoms with E-state index < -0.39 is 5.41 Å². The van der Waals surface area contributed by atoms with Crippen molar-refractivity contribution < 1.29 is 4.79 Å². The fourth-order valence-corrected chi connectivity index (χ4v) is 2.66. The summed E-state index contributed by atoms with van der Waals surface area (Å²) in [6.45, 7) is 2.02. The second-order valence-electron chi connectivity index (χ2n) is 5.32. The number of Topliss-reactive ketones (excluding diaryl/α,β-unsaturated/α-hetero) is 1. The zero-order valence-corrected chi connectivity index (χ0v) is 11.0. The van der Waals surface area contributed by atoms with Crippen LogP contribution < -0.4 is 0 Å². The van der Waals surface area contributed by atoms with Crippen LogP contribution in [0.3, 0.4) is 0 Å². The van der Waals surface area contributed by atoms with Gasteiger partial charge in [-0.05, 0) is 24.5 Å². The zero-order valence-electron chi connectivity index (χ0n) is 11.0. The molecule has 1 nitrogen and oxygen atoms in total. The highest BCUT2D eigenvalue weighted by atomic mass is 16.1. The summed E-state index contributed by atoms with van der Waals surface area (Å²) in [5.41, 5.74) is 2.77. The Balaban J connectivity index is 1.91. The topological polar surface area (TPSA) is 17.1 Å². The van der Waals surface area contributed by atoms with E-state index >= 15 is 0 Å². The van der Waals surface area contributed by atoms with Crippen LogP contribution in [-0.4, -0.2) is 5.78 Å². The molecule has 0 heterocycles. The molecular formula is C18H16O. The zero-order chi connectivity index (χ0) is 13.3. The van der Waals surface area contributed by atoms with Gasteiger partial charge in [0, 0.05) is 5.56 Å². The first-order valence-corrected chi connectivity index (χ1v) is 6.56. The summed E-state index contributed by atoms with van der Waals surface area (Å²) in [5.74, 6) is 0.232. The van der Waals surface area contributed by atoms with Crippen LogP contribution in [0.5, 0.6) is 0 Å². The van der Waals surface area contributed by atoms with Crippen molar-refractivity contribution in [3.05, 3.63) is 77.4 Å². The molecule has 19 heavy (non-hydrogen) atoms. The molecule has 0 radical (unpaired) electrons. The molecule has 0 saturated carbocycles. The molecule has 0 aromatic heterocycles. The van der Waals surface area contributed by atoms with Crippen LogP contribution >= 0.6 is 0 Å². The smallest absolute Gasteiger partial charge is 0.173 e. The van der Waals surface area contributed by atoms with Crippen LogP contribution in [0, 0.1) is 5.41 Å². The Labute approximate surface area is 113 Å². The predicted octanol–water partition coefficient (Wildman–Crippen LogP) is 4.15. The monoisotopic (exact) mass is 248 g/mol. The molecule has 0 fully saturated rings. The molecule has 1 atom stereocenters. The molecule has 2 aromatic carbocycles. The van der Waals surface area contributed by atoms with Crippen molar-refractivity contribution in [1.82, 2.24) is 0 Å². The van der Waals surface area contributed by atoms with E-state index in [4.69, 9.17) is 0 Å². The highest BCUT2D eigenvalue weighted by molar-refractivity contribution is 6.06. The fraction of sp³-hybridized carbons (Fsp3) is 0.167. The van der Waals surface area contributed by atoms with Crippen LogP contribution in [0.2, 0.25) is 0 Å². The average Bonchev–Trinajstić information content (AvgIpc) is 2.71. The number of benzene rings is 2. The molecule has 0 aliphatic heterocycles. The van der Waals surface area contributed by atoms with E-state index in [0.29, 0.717) is 0 Å². The van der Waals surface area contributed by atoms with Crippen molar-refractivity contribution in [2.75, 3.05) is 0 Å². The Bertz CT molecular complexity index is 640. The van der Waals surface area contributed by atoms with E-state index in [0.717, 1.165) is 23.1 Å². The third-order valence-electron chi connectivity index (χ3n) is 3.78. The molecule has 0 N–H and O–H groups in total. The SMILES string of the molecule is C[C@]1(/C=C/c2ccccc2)Cc2ccccc2C1=O. The molecule has 1 aliphatic rings. The number of allylic oxidation sites excluding steroid dienone is 1. The Kier molecular flexibility index (Phi) is 2.83. The molecule has 0 saturated heterocycles. The third kappa shape index (κ3) is 2.12. The van der Waals surface area contributed by atoms with Crippen molar-refractivity contribution >= 4 is 11.9 Å². The first kappa shape index (κ1) is 11.9. The Hall–Kier alpha value is -2.15. The summed E-state index contributed by atoms with van der Waals surface area (Å²) >= 11 is 0. The van der Waals surface area contributed by atoms with Crippen LogP contribution in [0.1, 0.15) is 28.4 Å². The van der Waals surface area contributed by atoms with Crippen molar-refractivity contribution in [3.8, 4) is 0 Å². The first-order valence-electron chi connectivity index (χ1n) is 6.56. The summed E-state index contributed by atoms with van der Waals surface area (Å²) in [4.78, 5) is 12.5. The van der Waals surface area contributed by atoms with Crippen LogP contribution in [0.15, 0.2) is 60.7 Å². The van der Waals surface area contributed by atoms with Gasteiger partial charge in [0.1, 0.15) is 0 Å². The maximum absolute atomic E-state index is 12.5. The molecule has 0 unspecified atom stereocenters. The van der Waals surface area contributed by atoms with Gasteiger partial charge >= 0.3 is 0 Å². The molecule has 1 aliphatic carbocycles. The van der Waals surface area contributed by atoms with Gasteiger partial charge in [-0.2, -0.15) is 0 Å². The lowest BCUT2D eigenvalue weighted by Gasteiger charge is -2.16. The number of fused-ring (bicyclic) bond motifs is 1. The number of ketones is 1. The van der Waals surface area contributed by atoms with E-state index in [9.17, 15) is 4.79 Å². The lowest BCUT2D eigenvalue weighted by atomic mass is 9.85. The molecule has 0 bridgehead atoms. The van der Waals surface area contributed by atoms with Crippen molar-refractivity contribution in [2.24, 2.45) is 5.41 Å². The number of hydrogen-bond donors (Lipinski definition) is 0. The second kappa shape index (κ2) is 4.51. The Morgan fingerprint density at radius 1 is 1.00 bits per heavy atom. The molecular weight excluding hydrogens is 232 g/mol. The second-order valence-corrected chi connectivity index (χ2v) is 5.32. The molecule has 3 rings (SSSR count). The van der Waals surface area contributed by atoms with Gasteiger partial charge in [-0.3, -0.25) is 4.79 Å². The highest BCUT2D eigenvalue weighted by Crippen LogP contribution is 2.38. The average molecular weight is 248 g/mol. The van der Waals surface area contributed by atoms with Gasteiger partial charge in [-0.15, -0.1) is 0 Å². The number of carbonyl (C=O) groups excluding carboxylic acids is 1. The third-order valence-corrected chi connectivity index (χ3v) is 3.78. The van der Waals surface area contributed by atoms with E-state index in [2.05, 4.69) is 6.07 Å². The lowest BCUT2D eigenvalue weighted by molar-refractivity contribution is 0.0892. The maximum Gasteiger partial charge on any atom is 0.173 e. The lowest BCUT2D eigenvalue weighted by Crippen LogP contribution is -2.20. The predicted molar refractivity (Wildman–Crippen MR) is 78.1 cm³/mol. The summed E-state index contributed by atoms with van der Waals surface area (Å²) < 4.78 is 0. The number of carbonyl (C=O) groups is 1. The normalized spacial score (nSPS) is 21.8. The summed E-state index contributed by atoms with van der Waals surface area (Å²) in [6.07, 6.45) is 4.89. The minimum atomic E-state index is -0.403. The van der Waals surface area contributed by atoms with Gasteiger partial charge in [-0.25, -0.2) is 0 Å². The van der Waals surface area contributed by atoms with Gasteiger partial charge in [0.25, 0.3) is 0 Å². The summed E-state index contributed by atoms with van der Waals surface area (Å²) in [5, 5.41) is 0. The van der Waals surface area contributed by atoms with E-state index in [-0.39, 0.29) is 5.78 Å². The van der Waals surface area contributed by atoms with Gasteiger partial charge in [-0.1, -0.05) is 66.7 Å². The van der Waals surface area contributed by atoms with E-state index in [1.54, 1.807) is 0 Å². The van der Waals surface area contributed by atoms with Crippen LogP contribution in [0.4, 0.5) is 0 Å². The largest absolute Gasteiger partial charge is 0.293 e. The minimum Gasteiger partial charge on any atom is -0.293 e. The van der Waals surface area contributed by atoms with E-state index in [1.165, 1.54) is 0 Å². The van der Waals surface area contributed by atoms with Gasteiger partial charge in [0.05, 0.1) is 5.41 Å². The standard InChI is InChI=1S/C18H16O/c1-18(12-11-14-7-3-2-4-8-14)13-15-9-5-6-10-16(15)17(18)19/h2-12H,13H2,1H3/b12-11+/t18-/m0/s1. The summed E-state index contributed by atoms with van der Waals surface area (Å²) in [6, 6.07) is 18.0. The van der Waals surface area contributed by atoms with Crippen molar-refractivity contribution in [1.29, 1.82) is 0 Å². The van der Waals surface area contributed by atoms with Gasteiger partial charge in [0.2, 0.25) is 0 Å². The van der Waals surface area contributed by atoms with Gasteiger partial charge in [0.15, 0.2) is 5.78 Å². The van der Waals surface area contributed by atoms with Crippen LogP contribution in [-0.2, 0) is 6.42 Å². The first-order chi connectivity index (χ1) is 9.19. The fourth-order valence-electron chi connectivity index (χ4n) is 2.66. The maximum atomic E-state index is 12.5. The van der Waals surface area contributed by atoms with Crippen LogP contribution in [0.25, 0.3) is 6.08 Å². The highest BCUT2D eigenvalue weighted by Gasteiger charge is 2.38. The van der Waals surface area contributed by atoms with Crippen molar-refractivity contribution in [3.63, 3.8) is 0 Å². The molecule has 1 heteroatoms. The van der Waals surface area contributed by atoms with Crippen molar-refractivity contribution in [2.45, 2.75) is 13.3 Å². The quantitative estimate of drug-likeness (QED) is 0.780.